The van der Waals surface area contributed by atoms with E-state index < -0.39 is 0 Å². The Bertz CT molecular complexity index is 1440. The van der Waals surface area contributed by atoms with Gasteiger partial charge in [0.15, 0.2) is 0 Å². The lowest BCUT2D eigenvalue weighted by Gasteiger charge is -2.41. The van der Waals surface area contributed by atoms with Crippen molar-refractivity contribution in [1.29, 1.82) is 0 Å². The predicted octanol–water partition coefficient (Wildman–Crippen LogP) is 5.93. The van der Waals surface area contributed by atoms with Gasteiger partial charge in [-0.1, -0.05) is 34.1 Å². The number of rotatable bonds is 6. The van der Waals surface area contributed by atoms with Crippen molar-refractivity contribution >= 4 is 38.3 Å². The van der Waals surface area contributed by atoms with Crippen molar-refractivity contribution in [3.05, 3.63) is 70.6 Å². The lowest BCUT2D eigenvalue weighted by molar-refractivity contribution is 0.0816. The van der Waals surface area contributed by atoms with Crippen LogP contribution in [-0.2, 0) is 6.54 Å². The summed E-state index contributed by atoms with van der Waals surface area (Å²) in [6, 6.07) is 16.2. The molecule has 204 valence electrons. The molecule has 4 aromatic rings. The van der Waals surface area contributed by atoms with Crippen molar-refractivity contribution in [2.45, 2.75) is 44.3 Å². The summed E-state index contributed by atoms with van der Waals surface area (Å²) in [6.45, 7) is 5.14. The van der Waals surface area contributed by atoms with Crippen molar-refractivity contribution in [1.82, 2.24) is 24.6 Å². The van der Waals surface area contributed by atoms with Crippen LogP contribution in [-0.4, -0.2) is 63.8 Å². The van der Waals surface area contributed by atoms with Crippen molar-refractivity contribution < 1.29 is 4.39 Å². The number of nitrogens with two attached hydrogens (primary N) is 1. The van der Waals surface area contributed by atoms with Crippen molar-refractivity contribution in [2.75, 3.05) is 44.3 Å². The summed E-state index contributed by atoms with van der Waals surface area (Å²) in [5.41, 5.74) is 10.3. The number of hydrogen-bond acceptors (Lipinski definition) is 6. The van der Waals surface area contributed by atoms with Gasteiger partial charge in [0.1, 0.15) is 17.3 Å². The maximum atomic E-state index is 15.2. The molecule has 7 nitrogen and oxygen atoms in total. The van der Waals surface area contributed by atoms with Gasteiger partial charge in [0.25, 0.3) is 0 Å². The third-order valence-corrected chi connectivity index (χ3v) is 8.88. The van der Waals surface area contributed by atoms with Gasteiger partial charge in [-0.25, -0.2) is 9.37 Å². The van der Waals surface area contributed by atoms with Gasteiger partial charge in [-0.15, -0.1) is 0 Å². The van der Waals surface area contributed by atoms with Gasteiger partial charge >= 0.3 is 0 Å². The quantitative estimate of drug-likeness (QED) is 0.290. The molecule has 2 aliphatic rings. The molecule has 9 heteroatoms. The number of aromatic nitrogens is 3. The number of fused-ring (bicyclic) bond motifs is 1. The van der Waals surface area contributed by atoms with Crippen LogP contribution in [0.4, 0.5) is 15.9 Å². The highest BCUT2D eigenvalue weighted by Crippen LogP contribution is 2.38. The molecule has 39 heavy (non-hydrogen) atoms. The predicted molar refractivity (Wildman–Crippen MR) is 159 cm³/mol. The summed E-state index contributed by atoms with van der Waals surface area (Å²) >= 11 is 3.45. The topological polar surface area (TPSA) is 75.2 Å². The molecular weight excluding hydrogens is 557 g/mol. The second-order valence-electron chi connectivity index (χ2n) is 10.9. The molecule has 0 amide bonds. The lowest BCUT2D eigenvalue weighted by atomic mass is 9.89. The number of benzene rings is 2. The Kier molecular flexibility index (Phi) is 7.55. The summed E-state index contributed by atoms with van der Waals surface area (Å²) in [4.78, 5) is 9.42. The zero-order chi connectivity index (χ0) is 26.9. The Labute approximate surface area is 237 Å². The van der Waals surface area contributed by atoms with Crippen LogP contribution in [0.5, 0.6) is 0 Å². The molecule has 2 aromatic carbocycles. The zero-order valence-electron chi connectivity index (χ0n) is 22.3. The fourth-order valence-corrected chi connectivity index (χ4v) is 6.32. The molecule has 2 aromatic heterocycles. The molecule has 1 aliphatic heterocycles. The molecule has 1 saturated carbocycles. The monoisotopic (exact) mass is 591 g/mol. The Morgan fingerprint density at radius 1 is 0.974 bits per heavy atom. The average molecular weight is 593 g/mol. The number of nitrogens with zero attached hydrogens (tertiary/aromatic N) is 5. The fraction of sp³-hybridized carbons (Fsp3) is 0.400. The molecule has 2 fully saturated rings. The van der Waals surface area contributed by atoms with Crippen LogP contribution < -0.4 is 11.1 Å². The van der Waals surface area contributed by atoms with E-state index in [1.54, 1.807) is 18.3 Å². The molecule has 0 bridgehead atoms. The number of likely N-dealkylation sites (N-methyl/N-ethyl adjacent to an activating group) is 1. The Hall–Kier alpha value is -3.01. The van der Waals surface area contributed by atoms with E-state index in [-0.39, 0.29) is 5.82 Å². The first kappa shape index (κ1) is 26.2. The summed E-state index contributed by atoms with van der Waals surface area (Å²) in [7, 11) is 2.20. The molecule has 0 unspecified atom stereocenters. The molecule has 0 spiro atoms. The van der Waals surface area contributed by atoms with Gasteiger partial charge < -0.3 is 16.0 Å². The number of hydrogen-bond donors (Lipinski definition) is 2. The van der Waals surface area contributed by atoms with E-state index in [4.69, 9.17) is 10.8 Å². The van der Waals surface area contributed by atoms with Crippen molar-refractivity contribution in [3.63, 3.8) is 0 Å². The van der Waals surface area contributed by atoms with Crippen LogP contribution in [0.2, 0.25) is 0 Å². The minimum absolute atomic E-state index is 0.295. The minimum Gasteiger partial charge on any atom is -0.383 e. The lowest BCUT2D eigenvalue weighted by Crippen LogP contribution is -2.49. The SMILES string of the molecule is CN1CCN(C2CCC(n3nc(-c4ccc(NCc5ccc(Br)cc5)c(F)c4)c4c(N)nccc43)CC2)CC1. The van der Waals surface area contributed by atoms with Gasteiger partial charge in [0, 0.05) is 55.0 Å². The van der Waals surface area contributed by atoms with Crippen LogP contribution in [0, 0.1) is 5.82 Å². The largest absolute Gasteiger partial charge is 0.383 e. The van der Waals surface area contributed by atoms with E-state index in [9.17, 15) is 0 Å². The van der Waals surface area contributed by atoms with Crippen LogP contribution in [0.25, 0.3) is 22.2 Å². The zero-order valence-corrected chi connectivity index (χ0v) is 23.9. The van der Waals surface area contributed by atoms with E-state index in [1.807, 2.05) is 36.4 Å². The first-order valence-corrected chi connectivity index (χ1v) is 14.6. The standard InChI is InChI=1S/C30H35BrFN7/c1-37-14-16-38(17-15-37)23-7-9-24(10-8-23)39-27-12-13-34-30(33)28(27)29(36-39)21-4-11-26(25(32)18-21)35-19-20-2-5-22(31)6-3-20/h2-6,11-13,18,23-24,35H,7-10,14-17,19H2,1H3,(H2,33,34). The Morgan fingerprint density at radius 2 is 1.69 bits per heavy atom. The maximum Gasteiger partial charge on any atom is 0.146 e. The molecule has 6 rings (SSSR count). The smallest absolute Gasteiger partial charge is 0.146 e. The summed E-state index contributed by atoms with van der Waals surface area (Å²) in [5, 5.41) is 9.06. The molecular formula is C30H35BrFN7. The first-order chi connectivity index (χ1) is 19.0. The third-order valence-electron chi connectivity index (χ3n) is 8.35. The number of halogens is 2. The molecule has 1 saturated heterocycles. The van der Waals surface area contributed by atoms with Gasteiger partial charge in [-0.05, 0) is 68.6 Å². The molecule has 0 radical (unpaired) electrons. The van der Waals surface area contributed by atoms with Crippen LogP contribution in [0.1, 0.15) is 37.3 Å². The van der Waals surface area contributed by atoms with Crippen LogP contribution in [0.3, 0.4) is 0 Å². The van der Waals surface area contributed by atoms with Crippen LogP contribution in [0.15, 0.2) is 59.2 Å². The third kappa shape index (κ3) is 5.53. The normalized spacial score (nSPS) is 20.9. The van der Waals surface area contributed by atoms with Gasteiger partial charge in [0.05, 0.1) is 22.6 Å². The van der Waals surface area contributed by atoms with Gasteiger partial charge in [-0.2, -0.15) is 5.10 Å². The fourth-order valence-electron chi connectivity index (χ4n) is 6.05. The number of nitrogen functional groups attached to an aromatic ring is 1. The summed E-state index contributed by atoms with van der Waals surface area (Å²) in [5.74, 6) is 0.111. The molecule has 0 atom stereocenters. The van der Waals surface area contributed by atoms with E-state index in [2.05, 4.69) is 47.8 Å². The van der Waals surface area contributed by atoms with Crippen molar-refractivity contribution in [3.8, 4) is 11.3 Å². The summed E-state index contributed by atoms with van der Waals surface area (Å²) < 4.78 is 18.4. The average Bonchev–Trinajstić information content (AvgIpc) is 3.35. The Morgan fingerprint density at radius 3 is 2.41 bits per heavy atom. The van der Waals surface area contributed by atoms with E-state index in [0.717, 1.165) is 60.0 Å². The summed E-state index contributed by atoms with van der Waals surface area (Å²) in [6.07, 6.45) is 6.22. The number of pyridine rings is 1. The molecule has 3 heterocycles. The number of anilines is 2. The van der Waals surface area contributed by atoms with Gasteiger partial charge in [-0.3, -0.25) is 9.58 Å². The highest BCUT2D eigenvalue weighted by molar-refractivity contribution is 9.10. The van der Waals surface area contributed by atoms with Crippen molar-refractivity contribution in [2.24, 2.45) is 0 Å². The second-order valence-corrected chi connectivity index (χ2v) is 11.8. The highest BCUT2D eigenvalue weighted by atomic mass is 79.9. The van der Waals surface area contributed by atoms with E-state index >= 15 is 4.39 Å². The molecule has 3 N–H and O–H groups in total. The van der Waals surface area contributed by atoms with E-state index in [0.29, 0.717) is 41.4 Å². The number of nitrogens with one attached hydrogen (secondary N) is 1. The maximum absolute atomic E-state index is 15.2. The minimum atomic E-state index is -0.317. The molecule has 1 aliphatic carbocycles. The number of piperazine rings is 1. The highest BCUT2D eigenvalue weighted by Gasteiger charge is 2.30. The first-order valence-electron chi connectivity index (χ1n) is 13.8. The second kappa shape index (κ2) is 11.2. The van der Waals surface area contributed by atoms with Gasteiger partial charge in [0.2, 0.25) is 0 Å². The Balaban J connectivity index is 1.22. The van der Waals surface area contributed by atoms with Crippen LogP contribution >= 0.6 is 15.9 Å². The van der Waals surface area contributed by atoms with E-state index in [1.165, 1.54) is 12.8 Å².